The lowest BCUT2D eigenvalue weighted by molar-refractivity contribution is 0.102. The fourth-order valence-electron chi connectivity index (χ4n) is 2.33. The van der Waals surface area contributed by atoms with Crippen LogP contribution in [0.15, 0.2) is 58.1 Å². The van der Waals surface area contributed by atoms with E-state index in [9.17, 15) is 4.79 Å². The smallest absolute Gasteiger partial charge is 0.276 e. The first-order chi connectivity index (χ1) is 11.7. The third kappa shape index (κ3) is 2.55. The average Bonchev–Trinajstić information content (AvgIpc) is 3.33. The minimum absolute atomic E-state index is 0.152. The molecule has 2 N–H and O–H groups in total. The van der Waals surface area contributed by atoms with Crippen LogP contribution in [-0.4, -0.2) is 25.6 Å². The van der Waals surface area contributed by atoms with Gasteiger partial charge in [-0.15, -0.1) is 0 Å². The van der Waals surface area contributed by atoms with Gasteiger partial charge < -0.3 is 23.8 Å². The number of anilines is 1. The molecule has 8 heteroatoms. The molecule has 0 aliphatic heterocycles. The summed E-state index contributed by atoms with van der Waals surface area (Å²) < 4.78 is 11.9. The standard InChI is InChI=1S/C16H12N4O4/c21-8-12-2-3-14(24-12)10-1-4-15-19-13(7-20(15)6-10)16(22)18-11-5-17-23-9-11/h1-7,9,21H,8H2,(H,18,22). The van der Waals surface area contributed by atoms with Gasteiger partial charge in [0, 0.05) is 18.0 Å². The molecule has 0 fully saturated rings. The second-order valence-electron chi connectivity index (χ2n) is 5.10. The fraction of sp³-hybridized carbons (Fsp3) is 0.0625. The normalized spacial score (nSPS) is 11.0. The molecule has 0 aromatic carbocycles. The van der Waals surface area contributed by atoms with E-state index < -0.39 is 0 Å². The van der Waals surface area contributed by atoms with Crippen LogP contribution in [0.2, 0.25) is 0 Å². The molecule has 4 aromatic rings. The maximum absolute atomic E-state index is 12.2. The van der Waals surface area contributed by atoms with E-state index in [2.05, 4.69) is 20.0 Å². The van der Waals surface area contributed by atoms with Gasteiger partial charge in [-0.25, -0.2) is 4.98 Å². The molecule has 8 nitrogen and oxygen atoms in total. The summed E-state index contributed by atoms with van der Waals surface area (Å²) in [5.74, 6) is 0.763. The Balaban J connectivity index is 1.64. The molecule has 0 spiro atoms. The zero-order chi connectivity index (χ0) is 16.5. The number of nitrogens with one attached hydrogen (secondary N) is 1. The largest absolute Gasteiger partial charge is 0.459 e. The van der Waals surface area contributed by atoms with Crippen molar-refractivity contribution in [2.75, 3.05) is 5.32 Å². The van der Waals surface area contributed by atoms with E-state index >= 15 is 0 Å². The highest BCUT2D eigenvalue weighted by Gasteiger charge is 2.13. The molecule has 0 unspecified atom stereocenters. The molecule has 0 bridgehead atoms. The van der Waals surface area contributed by atoms with Crippen LogP contribution in [0.1, 0.15) is 16.2 Å². The van der Waals surface area contributed by atoms with Crippen LogP contribution < -0.4 is 5.32 Å². The molecule has 0 saturated carbocycles. The number of carbonyl (C=O) groups excluding carboxylic acids is 1. The first kappa shape index (κ1) is 14.2. The lowest BCUT2D eigenvalue weighted by atomic mass is 10.2. The van der Waals surface area contributed by atoms with Crippen LogP contribution in [0.5, 0.6) is 0 Å². The Morgan fingerprint density at radius 1 is 1.25 bits per heavy atom. The second-order valence-corrected chi connectivity index (χ2v) is 5.10. The molecule has 24 heavy (non-hydrogen) atoms. The number of carbonyl (C=O) groups is 1. The van der Waals surface area contributed by atoms with E-state index in [4.69, 9.17) is 9.52 Å². The Morgan fingerprint density at radius 3 is 2.92 bits per heavy atom. The van der Waals surface area contributed by atoms with E-state index in [-0.39, 0.29) is 18.2 Å². The third-order valence-corrected chi connectivity index (χ3v) is 3.48. The van der Waals surface area contributed by atoms with Crippen molar-refractivity contribution < 1.29 is 18.8 Å². The highest BCUT2D eigenvalue weighted by atomic mass is 16.5. The molecular weight excluding hydrogens is 312 g/mol. The van der Waals surface area contributed by atoms with Crippen molar-refractivity contribution in [3.8, 4) is 11.3 Å². The number of aromatic nitrogens is 3. The zero-order valence-corrected chi connectivity index (χ0v) is 12.3. The van der Waals surface area contributed by atoms with Crippen LogP contribution in [0.3, 0.4) is 0 Å². The number of pyridine rings is 1. The Bertz CT molecular complexity index is 1000. The lowest BCUT2D eigenvalue weighted by Gasteiger charge is -1.98. The molecule has 0 saturated heterocycles. The topological polar surface area (TPSA) is 106 Å². The number of hydrogen-bond donors (Lipinski definition) is 2. The first-order valence-electron chi connectivity index (χ1n) is 7.12. The van der Waals surface area contributed by atoms with E-state index in [1.807, 2.05) is 6.07 Å². The zero-order valence-electron chi connectivity index (χ0n) is 12.3. The number of nitrogens with zero attached hydrogens (tertiary/aromatic N) is 3. The van der Waals surface area contributed by atoms with Gasteiger partial charge in [-0.3, -0.25) is 4.79 Å². The van der Waals surface area contributed by atoms with Gasteiger partial charge in [0.1, 0.15) is 41.4 Å². The van der Waals surface area contributed by atoms with Crippen molar-refractivity contribution in [2.24, 2.45) is 0 Å². The summed E-state index contributed by atoms with van der Waals surface area (Å²) in [7, 11) is 0. The molecule has 0 radical (unpaired) electrons. The minimum atomic E-state index is -0.357. The van der Waals surface area contributed by atoms with E-state index in [1.54, 1.807) is 35.0 Å². The quantitative estimate of drug-likeness (QED) is 0.597. The monoisotopic (exact) mass is 324 g/mol. The van der Waals surface area contributed by atoms with Gasteiger partial charge in [0.25, 0.3) is 5.91 Å². The highest BCUT2D eigenvalue weighted by molar-refractivity contribution is 6.03. The molecule has 120 valence electrons. The summed E-state index contributed by atoms with van der Waals surface area (Å²) in [5, 5.41) is 15.2. The number of rotatable bonds is 4. The van der Waals surface area contributed by atoms with E-state index in [0.29, 0.717) is 22.9 Å². The van der Waals surface area contributed by atoms with Gasteiger partial charge >= 0.3 is 0 Å². The molecule has 0 aliphatic carbocycles. The van der Waals surface area contributed by atoms with Crippen LogP contribution in [0.4, 0.5) is 5.69 Å². The Morgan fingerprint density at radius 2 is 2.17 bits per heavy atom. The number of hydrogen-bond acceptors (Lipinski definition) is 6. The number of imidazole rings is 1. The summed E-state index contributed by atoms with van der Waals surface area (Å²) in [5.41, 5.74) is 2.17. The van der Waals surface area contributed by atoms with E-state index in [0.717, 1.165) is 5.56 Å². The number of amides is 1. The summed E-state index contributed by atoms with van der Waals surface area (Å²) in [6.07, 6.45) is 6.17. The van der Waals surface area contributed by atoms with Crippen molar-refractivity contribution in [2.45, 2.75) is 6.61 Å². The van der Waals surface area contributed by atoms with Crippen molar-refractivity contribution in [3.63, 3.8) is 0 Å². The van der Waals surface area contributed by atoms with Gasteiger partial charge in [0.2, 0.25) is 0 Å². The van der Waals surface area contributed by atoms with Crippen molar-refractivity contribution in [3.05, 3.63) is 60.6 Å². The predicted octanol–water partition coefficient (Wildman–Crippen LogP) is 2.33. The van der Waals surface area contributed by atoms with E-state index in [1.165, 1.54) is 12.5 Å². The summed E-state index contributed by atoms with van der Waals surface area (Å²) in [6, 6.07) is 7.12. The first-order valence-corrected chi connectivity index (χ1v) is 7.12. The third-order valence-electron chi connectivity index (χ3n) is 3.48. The van der Waals surface area contributed by atoms with Crippen molar-refractivity contribution in [1.82, 2.24) is 14.5 Å². The SMILES string of the molecule is O=C(Nc1cnoc1)c1cn2cc(-c3ccc(CO)o3)ccc2n1. The number of furan rings is 1. The van der Waals surface area contributed by atoms with Crippen LogP contribution in [-0.2, 0) is 6.61 Å². The molecule has 4 heterocycles. The van der Waals surface area contributed by atoms with Gasteiger partial charge in [-0.2, -0.15) is 0 Å². The Hall–Kier alpha value is -3.39. The summed E-state index contributed by atoms with van der Waals surface area (Å²) in [4.78, 5) is 16.5. The molecule has 4 aromatic heterocycles. The molecule has 0 aliphatic rings. The molecule has 4 rings (SSSR count). The average molecular weight is 324 g/mol. The lowest BCUT2D eigenvalue weighted by Crippen LogP contribution is -2.11. The van der Waals surface area contributed by atoms with Gasteiger partial charge in [0.05, 0.1) is 6.20 Å². The van der Waals surface area contributed by atoms with Crippen molar-refractivity contribution >= 4 is 17.2 Å². The Labute approximate surface area is 135 Å². The molecular formula is C16H12N4O4. The highest BCUT2D eigenvalue weighted by Crippen LogP contribution is 2.23. The Kier molecular flexibility index (Phi) is 3.36. The van der Waals surface area contributed by atoms with Crippen LogP contribution >= 0.6 is 0 Å². The number of aliphatic hydroxyl groups excluding tert-OH is 1. The summed E-state index contributed by atoms with van der Waals surface area (Å²) in [6.45, 7) is -0.152. The maximum Gasteiger partial charge on any atom is 0.276 e. The molecule has 1 amide bonds. The number of fused-ring (bicyclic) bond motifs is 1. The fourth-order valence-corrected chi connectivity index (χ4v) is 2.33. The van der Waals surface area contributed by atoms with Gasteiger partial charge in [-0.05, 0) is 24.3 Å². The van der Waals surface area contributed by atoms with Crippen LogP contribution in [0, 0.1) is 0 Å². The van der Waals surface area contributed by atoms with Gasteiger partial charge in [0.15, 0.2) is 0 Å². The summed E-state index contributed by atoms with van der Waals surface area (Å²) >= 11 is 0. The van der Waals surface area contributed by atoms with Gasteiger partial charge in [-0.1, -0.05) is 5.16 Å². The number of aliphatic hydroxyl groups is 1. The molecule has 0 atom stereocenters. The minimum Gasteiger partial charge on any atom is -0.459 e. The second kappa shape index (κ2) is 5.67. The van der Waals surface area contributed by atoms with Crippen LogP contribution in [0.25, 0.3) is 17.0 Å². The van der Waals surface area contributed by atoms with Crippen molar-refractivity contribution in [1.29, 1.82) is 0 Å². The predicted molar refractivity (Wildman–Crippen MR) is 83.3 cm³/mol. The maximum atomic E-state index is 12.2.